The van der Waals surface area contributed by atoms with Gasteiger partial charge in [-0.3, -0.25) is 0 Å². The predicted octanol–water partition coefficient (Wildman–Crippen LogP) is 4.21. The first-order valence-corrected chi connectivity index (χ1v) is 7.27. The Kier molecular flexibility index (Phi) is 3.57. The number of aromatic nitrogens is 2. The lowest BCUT2D eigenvalue weighted by Crippen LogP contribution is -2.00. The zero-order valence-electron chi connectivity index (χ0n) is 12.6. The maximum Gasteiger partial charge on any atom is 0.162 e. The summed E-state index contributed by atoms with van der Waals surface area (Å²) in [5.41, 5.74) is 4.56. The van der Waals surface area contributed by atoms with Crippen LogP contribution in [0.3, 0.4) is 0 Å². The van der Waals surface area contributed by atoms with Gasteiger partial charge in [0.15, 0.2) is 5.82 Å². The minimum absolute atomic E-state index is 0.785. The van der Waals surface area contributed by atoms with Gasteiger partial charge in [-0.05, 0) is 31.0 Å². The van der Waals surface area contributed by atoms with Crippen molar-refractivity contribution in [2.24, 2.45) is 0 Å². The quantitative estimate of drug-likeness (QED) is 0.779. The molecule has 0 aliphatic carbocycles. The molecule has 0 fully saturated rings. The first kappa shape index (κ1) is 13.6. The third-order valence-corrected chi connectivity index (χ3v) is 3.73. The van der Waals surface area contributed by atoms with Gasteiger partial charge in [-0.25, -0.2) is 9.97 Å². The van der Waals surface area contributed by atoms with E-state index in [4.69, 9.17) is 9.97 Å². The summed E-state index contributed by atoms with van der Waals surface area (Å²) in [6, 6.07) is 14.6. The highest BCUT2D eigenvalue weighted by Gasteiger charge is 2.11. The van der Waals surface area contributed by atoms with Crippen molar-refractivity contribution in [3.63, 3.8) is 0 Å². The second-order valence-electron chi connectivity index (χ2n) is 5.18. The lowest BCUT2D eigenvalue weighted by atomic mass is 10.0. The second-order valence-corrected chi connectivity index (χ2v) is 5.18. The largest absolute Gasteiger partial charge is 0.373 e. The normalized spacial score (nSPS) is 10.8. The molecule has 1 N–H and O–H groups in total. The van der Waals surface area contributed by atoms with Gasteiger partial charge < -0.3 is 5.32 Å². The standard InChI is InChI=1S/C18H19N3/c1-4-13-7-5-6-8-14(13)18-20-16-10-9-12(2)11-15(16)17(19-3)21-18/h5-11H,4H2,1-3H3,(H,19,20,21). The monoisotopic (exact) mass is 277 g/mol. The average molecular weight is 277 g/mol. The van der Waals surface area contributed by atoms with E-state index < -0.39 is 0 Å². The van der Waals surface area contributed by atoms with Crippen LogP contribution in [0, 0.1) is 6.92 Å². The molecule has 2 aromatic carbocycles. The second kappa shape index (κ2) is 5.52. The Balaban J connectivity index is 2.27. The average Bonchev–Trinajstić information content (AvgIpc) is 2.53. The molecule has 0 bridgehead atoms. The minimum atomic E-state index is 0.785. The van der Waals surface area contributed by atoms with E-state index in [0.717, 1.165) is 34.5 Å². The maximum atomic E-state index is 4.75. The van der Waals surface area contributed by atoms with Crippen LogP contribution in [-0.4, -0.2) is 17.0 Å². The number of aryl methyl sites for hydroxylation is 2. The molecule has 0 saturated heterocycles. The summed E-state index contributed by atoms with van der Waals surface area (Å²) in [7, 11) is 1.90. The molecule has 3 rings (SSSR count). The Hall–Kier alpha value is -2.42. The number of hydrogen-bond acceptors (Lipinski definition) is 3. The SMILES string of the molecule is CCc1ccccc1-c1nc(NC)c2cc(C)ccc2n1. The van der Waals surface area contributed by atoms with Crippen LogP contribution in [0.25, 0.3) is 22.3 Å². The number of benzene rings is 2. The smallest absolute Gasteiger partial charge is 0.162 e. The summed E-state index contributed by atoms with van der Waals surface area (Å²) in [4.78, 5) is 9.47. The fraction of sp³-hybridized carbons (Fsp3) is 0.222. The molecule has 106 valence electrons. The molecular formula is C18H19N3. The predicted molar refractivity (Wildman–Crippen MR) is 88.6 cm³/mol. The molecule has 0 radical (unpaired) electrons. The van der Waals surface area contributed by atoms with Crippen LogP contribution >= 0.6 is 0 Å². The molecular weight excluding hydrogens is 258 g/mol. The van der Waals surface area contributed by atoms with Gasteiger partial charge in [-0.2, -0.15) is 0 Å². The minimum Gasteiger partial charge on any atom is -0.373 e. The first-order chi connectivity index (χ1) is 10.2. The molecule has 3 heteroatoms. The highest BCUT2D eigenvalue weighted by molar-refractivity contribution is 5.91. The molecule has 1 heterocycles. The van der Waals surface area contributed by atoms with E-state index in [2.05, 4.69) is 55.6 Å². The van der Waals surface area contributed by atoms with Gasteiger partial charge in [0.25, 0.3) is 0 Å². The van der Waals surface area contributed by atoms with Crippen LogP contribution in [0.15, 0.2) is 42.5 Å². The van der Waals surface area contributed by atoms with Crippen molar-refractivity contribution in [1.29, 1.82) is 0 Å². The molecule has 0 unspecified atom stereocenters. The molecule has 0 aliphatic rings. The van der Waals surface area contributed by atoms with Crippen molar-refractivity contribution >= 4 is 16.7 Å². The Labute approximate surface area is 125 Å². The fourth-order valence-electron chi connectivity index (χ4n) is 2.60. The Morgan fingerprint density at radius 2 is 1.86 bits per heavy atom. The van der Waals surface area contributed by atoms with Gasteiger partial charge in [0.1, 0.15) is 5.82 Å². The zero-order chi connectivity index (χ0) is 14.8. The summed E-state index contributed by atoms with van der Waals surface area (Å²) in [5, 5.41) is 4.26. The highest BCUT2D eigenvalue weighted by atomic mass is 15.0. The fourth-order valence-corrected chi connectivity index (χ4v) is 2.60. The van der Waals surface area contributed by atoms with Crippen LogP contribution in [0.1, 0.15) is 18.1 Å². The van der Waals surface area contributed by atoms with E-state index >= 15 is 0 Å². The number of nitrogens with one attached hydrogen (secondary N) is 1. The number of fused-ring (bicyclic) bond motifs is 1. The van der Waals surface area contributed by atoms with E-state index in [9.17, 15) is 0 Å². The number of rotatable bonds is 3. The lowest BCUT2D eigenvalue weighted by Gasteiger charge is -2.11. The summed E-state index contributed by atoms with van der Waals surface area (Å²) in [6.45, 7) is 4.24. The van der Waals surface area contributed by atoms with Gasteiger partial charge in [0, 0.05) is 18.0 Å². The molecule has 3 aromatic rings. The van der Waals surface area contributed by atoms with Crippen molar-refractivity contribution in [3.8, 4) is 11.4 Å². The van der Waals surface area contributed by atoms with Crippen LogP contribution in [0.2, 0.25) is 0 Å². The van der Waals surface area contributed by atoms with Crippen LogP contribution < -0.4 is 5.32 Å². The molecule has 1 aromatic heterocycles. The summed E-state index contributed by atoms with van der Waals surface area (Å²) in [5.74, 6) is 1.66. The van der Waals surface area contributed by atoms with Crippen molar-refractivity contribution in [1.82, 2.24) is 9.97 Å². The van der Waals surface area contributed by atoms with E-state index in [1.807, 2.05) is 13.1 Å². The lowest BCUT2D eigenvalue weighted by molar-refractivity contribution is 1.12. The van der Waals surface area contributed by atoms with Gasteiger partial charge >= 0.3 is 0 Å². The van der Waals surface area contributed by atoms with Crippen molar-refractivity contribution in [3.05, 3.63) is 53.6 Å². The molecule has 0 amide bonds. The van der Waals surface area contributed by atoms with Crippen molar-refractivity contribution < 1.29 is 0 Å². The molecule has 0 saturated carbocycles. The van der Waals surface area contributed by atoms with Crippen LogP contribution in [0.4, 0.5) is 5.82 Å². The van der Waals surface area contributed by atoms with Crippen molar-refractivity contribution in [2.45, 2.75) is 20.3 Å². The zero-order valence-corrected chi connectivity index (χ0v) is 12.6. The summed E-state index contributed by atoms with van der Waals surface area (Å²) in [6.07, 6.45) is 0.973. The maximum absolute atomic E-state index is 4.75. The molecule has 0 spiro atoms. The molecule has 0 aliphatic heterocycles. The van der Waals surface area contributed by atoms with Gasteiger partial charge in [-0.15, -0.1) is 0 Å². The Bertz CT molecular complexity index is 794. The molecule has 0 atom stereocenters. The van der Waals surface area contributed by atoms with E-state index in [1.165, 1.54) is 11.1 Å². The number of nitrogens with zero attached hydrogens (tertiary/aromatic N) is 2. The Morgan fingerprint density at radius 3 is 2.62 bits per heavy atom. The van der Waals surface area contributed by atoms with Gasteiger partial charge in [-0.1, -0.05) is 42.8 Å². The topological polar surface area (TPSA) is 37.8 Å². The summed E-state index contributed by atoms with van der Waals surface area (Å²) >= 11 is 0. The number of hydrogen-bond donors (Lipinski definition) is 1. The van der Waals surface area contributed by atoms with Crippen LogP contribution in [-0.2, 0) is 6.42 Å². The van der Waals surface area contributed by atoms with Gasteiger partial charge in [0.05, 0.1) is 5.52 Å². The highest BCUT2D eigenvalue weighted by Crippen LogP contribution is 2.27. The Morgan fingerprint density at radius 1 is 1.05 bits per heavy atom. The van der Waals surface area contributed by atoms with E-state index in [-0.39, 0.29) is 0 Å². The molecule has 3 nitrogen and oxygen atoms in total. The van der Waals surface area contributed by atoms with E-state index in [1.54, 1.807) is 0 Å². The first-order valence-electron chi connectivity index (χ1n) is 7.27. The van der Waals surface area contributed by atoms with Crippen LogP contribution in [0.5, 0.6) is 0 Å². The third kappa shape index (κ3) is 2.47. The summed E-state index contributed by atoms with van der Waals surface area (Å²) < 4.78 is 0. The van der Waals surface area contributed by atoms with Crippen molar-refractivity contribution in [2.75, 3.05) is 12.4 Å². The van der Waals surface area contributed by atoms with E-state index in [0.29, 0.717) is 0 Å². The number of anilines is 1. The molecule has 21 heavy (non-hydrogen) atoms. The van der Waals surface area contributed by atoms with Gasteiger partial charge in [0.2, 0.25) is 0 Å². The third-order valence-electron chi connectivity index (χ3n) is 3.73.